The number of carbonyl (C=O) groups excluding carboxylic acids is 2. The predicted octanol–water partition coefficient (Wildman–Crippen LogP) is 7.45. The van der Waals surface area contributed by atoms with Crippen molar-refractivity contribution in [1.82, 2.24) is 4.90 Å². The Hall–Kier alpha value is -3.71. The Morgan fingerprint density at radius 3 is 2.48 bits per heavy atom. The van der Waals surface area contributed by atoms with Crippen molar-refractivity contribution >= 4 is 24.2 Å². The van der Waals surface area contributed by atoms with Gasteiger partial charge in [-0.1, -0.05) is 50.6 Å². The van der Waals surface area contributed by atoms with Gasteiger partial charge in [0.15, 0.2) is 0 Å². The maximum absolute atomic E-state index is 12.1. The Morgan fingerprint density at radius 1 is 0.975 bits per heavy atom. The molecule has 0 N–H and O–H groups in total. The van der Waals surface area contributed by atoms with Crippen LogP contribution in [0.3, 0.4) is 0 Å². The number of amides is 1. The third-order valence-electron chi connectivity index (χ3n) is 7.07. The summed E-state index contributed by atoms with van der Waals surface area (Å²) in [5.41, 5.74) is 3.49. The summed E-state index contributed by atoms with van der Waals surface area (Å²) >= 11 is 5.30. The molecule has 0 spiro atoms. The van der Waals surface area contributed by atoms with E-state index in [0.29, 0.717) is 31.1 Å². The van der Waals surface area contributed by atoms with Gasteiger partial charge in [0.25, 0.3) is 0 Å². The molecule has 1 fully saturated rings. The SMILES string of the molecule is CCCc1c(OCCCOc2ccc(C3CCCN3C=O)cc2CC)cccc1Oc1ccccc1C(=O)OCl. The summed E-state index contributed by atoms with van der Waals surface area (Å²) in [5, 5.41) is 0. The first-order chi connectivity index (χ1) is 19.6. The highest BCUT2D eigenvalue weighted by Gasteiger charge is 2.25. The molecule has 1 unspecified atom stereocenters. The molecule has 8 heteroatoms. The summed E-state index contributed by atoms with van der Waals surface area (Å²) in [6.45, 7) is 6.02. The molecule has 0 saturated carbocycles. The van der Waals surface area contributed by atoms with E-state index < -0.39 is 5.97 Å². The number of carbonyl (C=O) groups is 2. The Labute approximate surface area is 241 Å². The van der Waals surface area contributed by atoms with E-state index in [1.165, 1.54) is 5.56 Å². The molecule has 0 aromatic heterocycles. The molecule has 1 saturated heterocycles. The zero-order valence-electron chi connectivity index (χ0n) is 23.1. The van der Waals surface area contributed by atoms with Crippen LogP contribution in [0.5, 0.6) is 23.0 Å². The van der Waals surface area contributed by atoms with Gasteiger partial charge in [0.1, 0.15) is 40.4 Å². The molecule has 1 atom stereocenters. The number of likely N-dealkylation sites (tertiary alicyclic amines) is 1. The second-order valence-electron chi connectivity index (χ2n) is 9.72. The number of hydrogen-bond acceptors (Lipinski definition) is 6. The molecule has 0 bridgehead atoms. The second-order valence-corrected chi connectivity index (χ2v) is 9.87. The summed E-state index contributed by atoms with van der Waals surface area (Å²) in [5.74, 6) is 1.92. The Kier molecular flexibility index (Phi) is 10.7. The number of nitrogens with zero attached hydrogens (tertiary/aromatic N) is 1. The standard InChI is InChI=1S/C32H36ClNO6/c1-3-10-25-29(14-7-15-30(25)39-31-13-6-5-11-26(31)32(36)40-33)38-20-9-19-37-28-17-16-24(21-23(28)4-2)27-12-8-18-34(27)22-35/h5-7,11,13-17,21-22,27H,3-4,8-10,12,18-20H2,1-2H3. The molecule has 0 aliphatic carbocycles. The lowest BCUT2D eigenvalue weighted by Gasteiger charge is -2.22. The van der Waals surface area contributed by atoms with Crippen molar-refractivity contribution in [3.05, 3.63) is 82.9 Å². The van der Waals surface area contributed by atoms with Gasteiger partial charge < -0.3 is 23.4 Å². The Bertz CT molecular complexity index is 1300. The van der Waals surface area contributed by atoms with Crippen LogP contribution < -0.4 is 14.2 Å². The summed E-state index contributed by atoms with van der Waals surface area (Å²) in [7, 11) is 0. The summed E-state index contributed by atoms with van der Waals surface area (Å²) in [6.07, 6.45) is 6.19. The Balaban J connectivity index is 1.37. The molecule has 3 aromatic rings. The lowest BCUT2D eigenvalue weighted by atomic mass is 10.0. The lowest BCUT2D eigenvalue weighted by molar-refractivity contribution is -0.118. The first-order valence-electron chi connectivity index (χ1n) is 13.9. The number of rotatable bonds is 14. The van der Waals surface area contributed by atoms with Crippen molar-refractivity contribution in [2.75, 3.05) is 19.8 Å². The van der Waals surface area contributed by atoms with Crippen LogP contribution in [-0.2, 0) is 21.9 Å². The Morgan fingerprint density at radius 2 is 1.73 bits per heavy atom. The number of benzene rings is 3. The van der Waals surface area contributed by atoms with Crippen LogP contribution in [0, 0.1) is 0 Å². The minimum Gasteiger partial charge on any atom is -0.493 e. The summed E-state index contributed by atoms with van der Waals surface area (Å²) < 4.78 is 22.8. The third-order valence-corrected chi connectivity index (χ3v) is 7.21. The van der Waals surface area contributed by atoms with E-state index in [0.717, 1.165) is 67.7 Å². The zero-order chi connectivity index (χ0) is 28.3. The zero-order valence-corrected chi connectivity index (χ0v) is 23.8. The van der Waals surface area contributed by atoms with Gasteiger partial charge in [0, 0.05) is 18.5 Å². The highest BCUT2D eigenvalue weighted by atomic mass is 35.5. The fraction of sp³-hybridized carbons (Fsp3) is 0.375. The largest absolute Gasteiger partial charge is 0.493 e. The minimum absolute atomic E-state index is 0.157. The van der Waals surface area contributed by atoms with Gasteiger partial charge in [0.05, 0.1) is 19.3 Å². The van der Waals surface area contributed by atoms with Crippen molar-refractivity contribution in [3.8, 4) is 23.0 Å². The van der Waals surface area contributed by atoms with E-state index in [4.69, 9.17) is 26.1 Å². The number of halogens is 1. The first kappa shape index (κ1) is 29.3. The quantitative estimate of drug-likeness (QED) is 0.149. The van der Waals surface area contributed by atoms with Crippen molar-refractivity contribution < 1.29 is 28.1 Å². The van der Waals surface area contributed by atoms with Gasteiger partial charge in [0.2, 0.25) is 6.41 Å². The van der Waals surface area contributed by atoms with Gasteiger partial charge in [-0.2, -0.15) is 0 Å². The molecule has 4 rings (SSSR count). The summed E-state index contributed by atoms with van der Waals surface area (Å²) in [4.78, 5) is 25.3. The van der Waals surface area contributed by atoms with Crippen LogP contribution in [0.2, 0.25) is 0 Å². The predicted molar refractivity (Wildman–Crippen MR) is 154 cm³/mol. The minimum atomic E-state index is -0.677. The molecule has 3 aromatic carbocycles. The van der Waals surface area contributed by atoms with Crippen LogP contribution in [-0.4, -0.2) is 37.0 Å². The molecule has 1 amide bonds. The average molecular weight is 566 g/mol. The van der Waals surface area contributed by atoms with E-state index in [1.54, 1.807) is 24.3 Å². The van der Waals surface area contributed by atoms with Gasteiger partial charge in [-0.15, -0.1) is 0 Å². The van der Waals surface area contributed by atoms with Crippen LogP contribution in [0.25, 0.3) is 0 Å². The van der Waals surface area contributed by atoms with Crippen molar-refractivity contribution in [2.24, 2.45) is 0 Å². The summed E-state index contributed by atoms with van der Waals surface area (Å²) in [6, 6.07) is 18.9. The number of aryl methyl sites for hydroxylation is 1. The molecular weight excluding hydrogens is 530 g/mol. The highest BCUT2D eigenvalue weighted by Crippen LogP contribution is 2.36. The normalized spacial score (nSPS) is 14.6. The molecule has 0 radical (unpaired) electrons. The van der Waals surface area contributed by atoms with Crippen molar-refractivity contribution in [2.45, 2.75) is 58.4 Å². The van der Waals surface area contributed by atoms with Crippen LogP contribution in [0.4, 0.5) is 0 Å². The third kappa shape index (κ3) is 7.07. The maximum atomic E-state index is 12.1. The maximum Gasteiger partial charge on any atom is 0.360 e. The van der Waals surface area contributed by atoms with E-state index in [2.05, 4.69) is 30.3 Å². The fourth-order valence-corrected chi connectivity index (χ4v) is 5.16. The van der Waals surface area contributed by atoms with Gasteiger partial charge in [-0.05, 0) is 67.1 Å². The lowest BCUT2D eigenvalue weighted by Crippen LogP contribution is -2.21. The van der Waals surface area contributed by atoms with E-state index in [9.17, 15) is 9.59 Å². The van der Waals surface area contributed by atoms with E-state index in [-0.39, 0.29) is 11.6 Å². The molecule has 7 nitrogen and oxygen atoms in total. The van der Waals surface area contributed by atoms with Crippen molar-refractivity contribution in [3.63, 3.8) is 0 Å². The molecule has 1 aliphatic rings. The van der Waals surface area contributed by atoms with Crippen LogP contribution in [0.15, 0.2) is 60.7 Å². The second kappa shape index (κ2) is 14.6. The monoisotopic (exact) mass is 565 g/mol. The molecular formula is C32H36ClNO6. The molecule has 40 heavy (non-hydrogen) atoms. The van der Waals surface area contributed by atoms with E-state index >= 15 is 0 Å². The highest BCUT2D eigenvalue weighted by molar-refractivity contribution is 6.16. The van der Waals surface area contributed by atoms with Gasteiger partial charge in [-0.25, -0.2) is 4.79 Å². The number of para-hydroxylation sites is 1. The van der Waals surface area contributed by atoms with Crippen LogP contribution in [0.1, 0.15) is 72.6 Å². The van der Waals surface area contributed by atoms with Gasteiger partial charge in [-0.3, -0.25) is 4.79 Å². The smallest absolute Gasteiger partial charge is 0.360 e. The van der Waals surface area contributed by atoms with Crippen LogP contribution >= 0.6 is 11.9 Å². The molecule has 212 valence electrons. The molecule has 1 heterocycles. The fourth-order valence-electron chi connectivity index (χ4n) is 5.08. The van der Waals surface area contributed by atoms with Gasteiger partial charge >= 0.3 is 5.97 Å². The molecule has 1 aliphatic heterocycles. The number of ether oxygens (including phenoxy) is 3. The average Bonchev–Trinajstić information content (AvgIpc) is 3.47. The van der Waals surface area contributed by atoms with Crippen molar-refractivity contribution in [1.29, 1.82) is 0 Å². The van der Waals surface area contributed by atoms with E-state index in [1.807, 2.05) is 29.2 Å². The first-order valence-corrected chi connectivity index (χ1v) is 14.2. The number of hydrogen-bond donors (Lipinski definition) is 0. The topological polar surface area (TPSA) is 74.3 Å².